The molecule has 2 aliphatic rings. The first kappa shape index (κ1) is 16.5. The van der Waals surface area contributed by atoms with Crippen molar-refractivity contribution < 1.29 is 4.79 Å². The topological polar surface area (TPSA) is 56.4 Å². The van der Waals surface area contributed by atoms with Crippen molar-refractivity contribution in [1.29, 1.82) is 0 Å². The van der Waals surface area contributed by atoms with Gasteiger partial charge in [0, 0.05) is 19.3 Å². The van der Waals surface area contributed by atoms with Crippen molar-refractivity contribution in [2.75, 3.05) is 33.2 Å². The summed E-state index contributed by atoms with van der Waals surface area (Å²) in [6.45, 7) is 3.89. The Balaban J connectivity index is 1.69. The van der Waals surface area contributed by atoms with Crippen molar-refractivity contribution in [2.24, 2.45) is 5.41 Å². The highest BCUT2D eigenvalue weighted by Gasteiger charge is 2.36. The van der Waals surface area contributed by atoms with Gasteiger partial charge in [0.15, 0.2) is 0 Å². The van der Waals surface area contributed by atoms with Crippen molar-refractivity contribution >= 4 is 17.5 Å². The molecule has 3 rings (SSSR count). The molecular formula is C17H24ClN3O2. The number of likely N-dealkylation sites (tertiary alicyclic amines) is 2. The van der Waals surface area contributed by atoms with Gasteiger partial charge in [0.05, 0.1) is 5.56 Å². The maximum atomic E-state index is 12.7. The molecule has 2 fully saturated rings. The molecule has 1 N–H and O–H groups in total. The van der Waals surface area contributed by atoms with Crippen LogP contribution in [0.4, 0.5) is 0 Å². The normalized spacial score (nSPS) is 22.1. The first-order valence-electron chi connectivity index (χ1n) is 8.35. The SMILES string of the molecule is CN1CCC2(CCCN(C(=O)c3c[nH]c(=O)c(Cl)c3)CC2)CC1. The molecule has 126 valence electrons. The molecule has 5 nitrogen and oxygen atoms in total. The number of hydrogen-bond acceptors (Lipinski definition) is 3. The molecule has 0 atom stereocenters. The van der Waals surface area contributed by atoms with Crippen LogP contribution in [0.1, 0.15) is 42.5 Å². The molecule has 23 heavy (non-hydrogen) atoms. The van der Waals surface area contributed by atoms with E-state index in [1.54, 1.807) is 0 Å². The van der Waals surface area contributed by atoms with Gasteiger partial charge in [-0.25, -0.2) is 0 Å². The van der Waals surface area contributed by atoms with Gasteiger partial charge in [0.25, 0.3) is 11.5 Å². The number of halogens is 1. The molecule has 1 spiro atoms. The molecule has 0 bridgehead atoms. The van der Waals surface area contributed by atoms with Gasteiger partial charge >= 0.3 is 0 Å². The summed E-state index contributed by atoms with van der Waals surface area (Å²) in [6, 6.07) is 1.47. The van der Waals surface area contributed by atoms with Gasteiger partial charge in [-0.2, -0.15) is 0 Å². The van der Waals surface area contributed by atoms with Crippen molar-refractivity contribution in [3.8, 4) is 0 Å². The number of hydrogen-bond donors (Lipinski definition) is 1. The molecule has 2 aliphatic heterocycles. The third kappa shape index (κ3) is 3.61. The zero-order valence-electron chi connectivity index (χ0n) is 13.6. The molecule has 1 aromatic heterocycles. The fourth-order valence-electron chi connectivity index (χ4n) is 3.81. The van der Waals surface area contributed by atoms with E-state index >= 15 is 0 Å². The summed E-state index contributed by atoms with van der Waals surface area (Å²) in [5.41, 5.74) is 0.516. The number of pyridine rings is 1. The summed E-state index contributed by atoms with van der Waals surface area (Å²) in [5, 5.41) is 0.0671. The smallest absolute Gasteiger partial charge is 0.266 e. The standard InChI is InChI=1S/C17H24ClN3O2/c1-20-8-4-17(5-9-20)3-2-7-21(10-6-17)16(23)13-11-14(18)15(22)19-12-13/h11-12H,2-10H2,1H3,(H,19,22). The lowest BCUT2D eigenvalue weighted by Crippen LogP contribution is -2.39. The molecule has 2 saturated heterocycles. The Bertz CT molecular complexity index is 635. The van der Waals surface area contributed by atoms with Crippen LogP contribution in [-0.2, 0) is 0 Å². The van der Waals surface area contributed by atoms with Gasteiger partial charge in [0.1, 0.15) is 5.02 Å². The molecule has 0 saturated carbocycles. The van der Waals surface area contributed by atoms with Gasteiger partial charge in [-0.05, 0) is 63.7 Å². The zero-order chi connectivity index (χ0) is 16.4. The van der Waals surface area contributed by atoms with Crippen LogP contribution < -0.4 is 5.56 Å². The summed E-state index contributed by atoms with van der Waals surface area (Å²) in [4.78, 5) is 30.8. The number of amides is 1. The highest BCUT2D eigenvalue weighted by atomic mass is 35.5. The lowest BCUT2D eigenvalue weighted by Gasteiger charge is -2.40. The van der Waals surface area contributed by atoms with Crippen LogP contribution in [0.25, 0.3) is 0 Å². The average Bonchev–Trinajstić information content (AvgIpc) is 2.75. The lowest BCUT2D eigenvalue weighted by molar-refractivity contribution is 0.0733. The maximum absolute atomic E-state index is 12.7. The molecule has 6 heteroatoms. The minimum Gasteiger partial charge on any atom is -0.339 e. The summed E-state index contributed by atoms with van der Waals surface area (Å²) in [6.07, 6.45) is 7.26. The number of H-pyrrole nitrogens is 1. The summed E-state index contributed by atoms with van der Waals surface area (Å²) in [7, 11) is 2.18. The van der Waals surface area contributed by atoms with Crippen LogP contribution in [0.15, 0.2) is 17.1 Å². The molecule has 1 aromatic rings. The first-order valence-corrected chi connectivity index (χ1v) is 8.73. The number of carbonyl (C=O) groups is 1. The van der Waals surface area contributed by atoms with Gasteiger partial charge < -0.3 is 14.8 Å². The predicted octanol–water partition coefficient (Wildman–Crippen LogP) is 2.37. The van der Waals surface area contributed by atoms with Crippen molar-refractivity contribution in [3.05, 3.63) is 33.2 Å². The summed E-state index contributed by atoms with van der Waals surface area (Å²) < 4.78 is 0. The number of aromatic amines is 1. The first-order chi connectivity index (χ1) is 11.0. The fourth-order valence-corrected chi connectivity index (χ4v) is 3.98. The molecule has 0 aliphatic carbocycles. The average molecular weight is 338 g/mol. The van der Waals surface area contributed by atoms with E-state index in [2.05, 4.69) is 16.9 Å². The Morgan fingerprint density at radius 3 is 2.57 bits per heavy atom. The van der Waals surface area contributed by atoms with Gasteiger partial charge in [-0.1, -0.05) is 11.6 Å². The van der Waals surface area contributed by atoms with Gasteiger partial charge in [-0.3, -0.25) is 9.59 Å². The fraction of sp³-hybridized carbons (Fsp3) is 0.647. The van der Waals surface area contributed by atoms with Crippen LogP contribution in [-0.4, -0.2) is 53.9 Å². The Kier molecular flexibility index (Phi) is 4.78. The van der Waals surface area contributed by atoms with Crippen molar-refractivity contribution in [2.45, 2.75) is 32.1 Å². The minimum atomic E-state index is -0.357. The zero-order valence-corrected chi connectivity index (χ0v) is 14.4. The van der Waals surface area contributed by atoms with E-state index in [-0.39, 0.29) is 16.5 Å². The molecule has 1 amide bonds. The van der Waals surface area contributed by atoms with E-state index in [0.717, 1.165) is 39.0 Å². The number of carbonyl (C=O) groups excluding carboxylic acids is 1. The second kappa shape index (κ2) is 6.65. The van der Waals surface area contributed by atoms with E-state index in [1.807, 2.05) is 4.90 Å². The lowest BCUT2D eigenvalue weighted by atomic mass is 9.73. The molecular weight excluding hydrogens is 314 g/mol. The third-order valence-electron chi connectivity index (χ3n) is 5.49. The number of aromatic nitrogens is 1. The Morgan fingerprint density at radius 2 is 1.87 bits per heavy atom. The van der Waals surface area contributed by atoms with Crippen LogP contribution in [0.2, 0.25) is 5.02 Å². The second-order valence-electron chi connectivity index (χ2n) is 7.01. The maximum Gasteiger partial charge on any atom is 0.266 e. The van der Waals surface area contributed by atoms with E-state index in [0.29, 0.717) is 11.0 Å². The largest absolute Gasteiger partial charge is 0.339 e. The minimum absolute atomic E-state index is 0.0341. The van der Waals surface area contributed by atoms with Gasteiger partial charge in [0.2, 0.25) is 0 Å². The summed E-state index contributed by atoms with van der Waals surface area (Å²) in [5.74, 6) is -0.0341. The molecule has 0 aromatic carbocycles. The third-order valence-corrected chi connectivity index (χ3v) is 5.77. The number of nitrogens with one attached hydrogen (secondary N) is 1. The Labute approximate surface area is 141 Å². The number of rotatable bonds is 1. The monoisotopic (exact) mass is 337 g/mol. The van der Waals surface area contributed by atoms with Crippen LogP contribution in [0, 0.1) is 5.41 Å². The summed E-state index contributed by atoms with van der Waals surface area (Å²) >= 11 is 5.84. The molecule has 0 radical (unpaired) electrons. The predicted molar refractivity (Wildman–Crippen MR) is 91.0 cm³/mol. The van der Waals surface area contributed by atoms with E-state index in [1.165, 1.54) is 31.5 Å². The Hall–Kier alpha value is -1.33. The molecule has 3 heterocycles. The van der Waals surface area contributed by atoms with E-state index in [9.17, 15) is 9.59 Å². The second-order valence-corrected chi connectivity index (χ2v) is 7.42. The van der Waals surface area contributed by atoms with Crippen LogP contribution in [0.3, 0.4) is 0 Å². The van der Waals surface area contributed by atoms with Crippen molar-refractivity contribution in [3.63, 3.8) is 0 Å². The van der Waals surface area contributed by atoms with Gasteiger partial charge in [-0.15, -0.1) is 0 Å². The van der Waals surface area contributed by atoms with Crippen LogP contribution >= 0.6 is 11.6 Å². The van der Waals surface area contributed by atoms with E-state index < -0.39 is 0 Å². The quantitative estimate of drug-likeness (QED) is 0.856. The van der Waals surface area contributed by atoms with Crippen LogP contribution in [0.5, 0.6) is 0 Å². The molecule has 0 unspecified atom stereocenters. The Morgan fingerprint density at radius 1 is 1.17 bits per heavy atom. The number of nitrogens with zero attached hydrogens (tertiary/aromatic N) is 2. The van der Waals surface area contributed by atoms with Crippen molar-refractivity contribution in [1.82, 2.24) is 14.8 Å². The van der Waals surface area contributed by atoms with E-state index in [4.69, 9.17) is 11.6 Å². The highest BCUT2D eigenvalue weighted by Crippen LogP contribution is 2.41. The number of piperidine rings is 1. The highest BCUT2D eigenvalue weighted by molar-refractivity contribution is 6.30.